The largest absolute Gasteiger partial charge is 0.370 e. The second kappa shape index (κ2) is 10.4. The maximum Gasteiger partial charge on any atom is 0.189 e. The summed E-state index contributed by atoms with van der Waals surface area (Å²) in [5.74, 6) is 0.889. The van der Waals surface area contributed by atoms with E-state index < -0.39 is 0 Å². The zero-order chi connectivity index (χ0) is 19.3. The van der Waals surface area contributed by atoms with Crippen LogP contribution in [0, 0.1) is 5.82 Å². The van der Waals surface area contributed by atoms with Gasteiger partial charge in [0.1, 0.15) is 5.82 Å². The smallest absolute Gasteiger partial charge is 0.189 e. The highest BCUT2D eigenvalue weighted by Gasteiger charge is 2.30. The molecule has 0 spiro atoms. The molecule has 0 bridgehead atoms. The summed E-state index contributed by atoms with van der Waals surface area (Å²) >= 11 is 0. The zero-order valence-corrected chi connectivity index (χ0v) is 19.0. The van der Waals surface area contributed by atoms with E-state index in [0.29, 0.717) is 24.0 Å². The van der Waals surface area contributed by atoms with Crippen LogP contribution in [0.1, 0.15) is 42.7 Å². The number of hydrogen-bond donors (Lipinski definition) is 2. The third kappa shape index (κ3) is 6.15. The molecule has 0 radical (unpaired) electrons. The average Bonchev–Trinajstić information content (AvgIpc) is 2.68. The van der Waals surface area contributed by atoms with Crippen LogP contribution in [0.2, 0.25) is 0 Å². The average molecular weight is 508 g/mol. The summed E-state index contributed by atoms with van der Waals surface area (Å²) in [7, 11) is 0. The standard InChI is InChI=1S/C23H29FN4.HI/c24-20-8-6-18(7-9-20)19-14-22(15-19)27-23(25)26-21-10-12-28(13-11-21)16-17-4-2-1-3-5-17;/h1-9,19,21-22H,10-16H2,(H3,25,26,27);1H. The van der Waals surface area contributed by atoms with Crippen LogP contribution in [0.15, 0.2) is 59.6 Å². The van der Waals surface area contributed by atoms with E-state index in [0.717, 1.165) is 45.3 Å². The van der Waals surface area contributed by atoms with E-state index >= 15 is 0 Å². The van der Waals surface area contributed by atoms with Gasteiger partial charge in [-0.05, 0) is 54.9 Å². The predicted molar refractivity (Wildman–Crippen MR) is 127 cm³/mol. The topological polar surface area (TPSA) is 53.6 Å². The van der Waals surface area contributed by atoms with Crippen LogP contribution < -0.4 is 11.1 Å². The molecule has 1 heterocycles. The Labute approximate surface area is 189 Å². The molecule has 0 aromatic heterocycles. The maximum absolute atomic E-state index is 13.0. The molecular formula is C23H30FIN4. The van der Waals surface area contributed by atoms with Crippen LogP contribution in [-0.2, 0) is 6.54 Å². The molecule has 2 aromatic carbocycles. The van der Waals surface area contributed by atoms with Crippen LogP contribution in [-0.4, -0.2) is 36.0 Å². The Morgan fingerprint density at radius 1 is 1.03 bits per heavy atom. The summed E-state index contributed by atoms with van der Waals surface area (Å²) in [4.78, 5) is 7.21. The zero-order valence-electron chi connectivity index (χ0n) is 16.6. The quantitative estimate of drug-likeness (QED) is 0.361. The molecule has 2 fully saturated rings. The first-order valence-electron chi connectivity index (χ1n) is 10.3. The van der Waals surface area contributed by atoms with Crippen molar-refractivity contribution in [3.8, 4) is 0 Å². The van der Waals surface area contributed by atoms with E-state index in [9.17, 15) is 4.39 Å². The molecule has 4 nitrogen and oxygen atoms in total. The summed E-state index contributed by atoms with van der Waals surface area (Å²) < 4.78 is 13.0. The second-order valence-electron chi connectivity index (χ2n) is 8.07. The molecule has 1 saturated heterocycles. The van der Waals surface area contributed by atoms with Crippen molar-refractivity contribution in [1.82, 2.24) is 10.2 Å². The normalized spacial score (nSPS) is 23.1. The first-order chi connectivity index (χ1) is 13.7. The lowest BCUT2D eigenvalue weighted by Crippen LogP contribution is -2.47. The number of benzene rings is 2. The number of nitrogens with one attached hydrogen (secondary N) is 1. The van der Waals surface area contributed by atoms with Crippen molar-refractivity contribution in [3.63, 3.8) is 0 Å². The number of likely N-dealkylation sites (tertiary alicyclic amines) is 1. The molecule has 1 saturated carbocycles. The Morgan fingerprint density at radius 2 is 1.69 bits per heavy atom. The Bertz CT molecular complexity index is 782. The summed E-state index contributed by atoms with van der Waals surface area (Å²) in [6.07, 6.45) is 4.16. The highest BCUT2D eigenvalue weighted by Crippen LogP contribution is 2.36. The van der Waals surface area contributed by atoms with Crippen LogP contribution in [0.5, 0.6) is 0 Å². The number of nitrogens with two attached hydrogens (primary N) is 1. The number of aliphatic imine (C=N–C) groups is 1. The Balaban J connectivity index is 0.00000240. The number of piperidine rings is 1. The van der Waals surface area contributed by atoms with Crippen molar-refractivity contribution in [1.29, 1.82) is 0 Å². The lowest BCUT2D eigenvalue weighted by atomic mass is 9.76. The highest BCUT2D eigenvalue weighted by molar-refractivity contribution is 14.0. The fourth-order valence-corrected chi connectivity index (χ4v) is 4.23. The van der Waals surface area contributed by atoms with Gasteiger partial charge in [0.25, 0.3) is 0 Å². The summed E-state index contributed by atoms with van der Waals surface area (Å²) in [6.45, 7) is 3.14. The summed E-state index contributed by atoms with van der Waals surface area (Å²) in [5, 5.41) is 3.37. The fraction of sp³-hybridized carbons (Fsp3) is 0.435. The molecule has 29 heavy (non-hydrogen) atoms. The molecule has 1 aliphatic heterocycles. The molecule has 0 unspecified atom stereocenters. The van der Waals surface area contributed by atoms with Crippen LogP contribution in [0.25, 0.3) is 0 Å². The summed E-state index contributed by atoms with van der Waals surface area (Å²) in [6, 6.07) is 18.2. The summed E-state index contributed by atoms with van der Waals surface area (Å²) in [5.41, 5.74) is 8.73. The molecule has 0 atom stereocenters. The van der Waals surface area contributed by atoms with E-state index in [1.807, 2.05) is 12.1 Å². The van der Waals surface area contributed by atoms with Crippen LogP contribution in [0.3, 0.4) is 0 Å². The van der Waals surface area contributed by atoms with Crippen molar-refractivity contribution in [3.05, 3.63) is 71.5 Å². The maximum atomic E-state index is 13.0. The first-order valence-corrected chi connectivity index (χ1v) is 10.3. The Kier molecular flexibility index (Phi) is 7.89. The predicted octanol–water partition coefficient (Wildman–Crippen LogP) is 4.26. The van der Waals surface area contributed by atoms with Crippen LogP contribution >= 0.6 is 24.0 Å². The van der Waals surface area contributed by atoms with Crippen molar-refractivity contribution in [2.75, 3.05) is 13.1 Å². The highest BCUT2D eigenvalue weighted by atomic mass is 127. The third-order valence-corrected chi connectivity index (χ3v) is 5.96. The molecule has 1 aliphatic carbocycles. The minimum absolute atomic E-state index is 0. The molecule has 2 aliphatic rings. The minimum atomic E-state index is -0.177. The van der Waals surface area contributed by atoms with Gasteiger partial charge < -0.3 is 11.1 Å². The third-order valence-electron chi connectivity index (χ3n) is 5.96. The van der Waals surface area contributed by atoms with Gasteiger partial charge in [-0.25, -0.2) is 4.39 Å². The van der Waals surface area contributed by atoms with Gasteiger partial charge >= 0.3 is 0 Å². The van der Waals surface area contributed by atoms with E-state index in [1.54, 1.807) is 0 Å². The van der Waals surface area contributed by atoms with E-state index in [2.05, 4.69) is 40.5 Å². The van der Waals surface area contributed by atoms with Gasteiger partial charge in [0, 0.05) is 25.7 Å². The molecular weight excluding hydrogens is 478 g/mol. The van der Waals surface area contributed by atoms with E-state index in [1.165, 1.54) is 23.3 Å². The monoisotopic (exact) mass is 508 g/mol. The van der Waals surface area contributed by atoms with Gasteiger partial charge in [-0.1, -0.05) is 42.5 Å². The molecule has 3 N–H and O–H groups in total. The fourth-order valence-electron chi connectivity index (χ4n) is 4.23. The minimum Gasteiger partial charge on any atom is -0.370 e. The van der Waals surface area contributed by atoms with Gasteiger partial charge in [-0.2, -0.15) is 0 Å². The SMILES string of the molecule is I.NC(=NC1CCN(Cc2ccccc2)CC1)NC1CC(c2ccc(F)cc2)C1. The van der Waals surface area contributed by atoms with E-state index in [-0.39, 0.29) is 29.8 Å². The number of guanidine groups is 1. The van der Waals surface area contributed by atoms with Crippen molar-refractivity contribution in [2.24, 2.45) is 10.7 Å². The Hall–Kier alpha value is -1.67. The molecule has 6 heteroatoms. The Morgan fingerprint density at radius 3 is 2.34 bits per heavy atom. The van der Waals surface area contributed by atoms with Gasteiger partial charge in [-0.3, -0.25) is 9.89 Å². The number of hydrogen-bond acceptors (Lipinski definition) is 2. The molecule has 2 aromatic rings. The second-order valence-corrected chi connectivity index (χ2v) is 8.07. The van der Waals surface area contributed by atoms with Gasteiger partial charge in [0.15, 0.2) is 5.96 Å². The van der Waals surface area contributed by atoms with E-state index in [4.69, 9.17) is 10.7 Å². The molecule has 4 rings (SSSR count). The lowest BCUT2D eigenvalue weighted by Gasteiger charge is -2.37. The lowest BCUT2D eigenvalue weighted by molar-refractivity contribution is 0.206. The van der Waals surface area contributed by atoms with Crippen LogP contribution in [0.4, 0.5) is 4.39 Å². The number of halogens is 2. The number of rotatable bonds is 5. The van der Waals surface area contributed by atoms with Gasteiger partial charge in [-0.15, -0.1) is 24.0 Å². The van der Waals surface area contributed by atoms with Crippen molar-refractivity contribution >= 4 is 29.9 Å². The van der Waals surface area contributed by atoms with Crippen molar-refractivity contribution < 1.29 is 4.39 Å². The van der Waals surface area contributed by atoms with Gasteiger partial charge in [0.05, 0.1) is 6.04 Å². The number of nitrogens with zero attached hydrogens (tertiary/aromatic N) is 2. The molecule has 0 amide bonds. The van der Waals surface area contributed by atoms with Crippen molar-refractivity contribution in [2.45, 2.75) is 50.2 Å². The molecule has 156 valence electrons. The first kappa shape index (κ1) is 22.0. The van der Waals surface area contributed by atoms with Gasteiger partial charge in [0.2, 0.25) is 0 Å².